The number of hydrogen-bond donors (Lipinski definition) is 1. The molecular weight excluding hydrogens is 356 g/mol. The monoisotopic (exact) mass is 374 g/mol. The summed E-state index contributed by atoms with van der Waals surface area (Å²) in [7, 11) is 0. The Morgan fingerprint density at radius 2 is 1.79 bits per heavy atom. The van der Waals surface area contributed by atoms with Gasteiger partial charge < -0.3 is 14.2 Å². The summed E-state index contributed by atoms with van der Waals surface area (Å²) in [5, 5.41) is 4.05. The summed E-state index contributed by atoms with van der Waals surface area (Å²) in [6, 6.07) is 22.4. The van der Waals surface area contributed by atoms with Crippen molar-refractivity contribution >= 4 is 12.1 Å². The summed E-state index contributed by atoms with van der Waals surface area (Å²) < 4.78 is 16.4. The van der Waals surface area contributed by atoms with Crippen LogP contribution < -0.4 is 19.6 Å². The zero-order valence-electron chi connectivity index (χ0n) is 15.0. The van der Waals surface area contributed by atoms with E-state index >= 15 is 0 Å². The van der Waals surface area contributed by atoms with Gasteiger partial charge in [0.05, 0.1) is 6.21 Å². The second-order valence-corrected chi connectivity index (χ2v) is 6.08. The lowest BCUT2D eigenvalue weighted by Crippen LogP contribution is -2.17. The number of carbonyl (C=O) groups excluding carboxylic acids is 1. The lowest BCUT2D eigenvalue weighted by atomic mass is 10.2. The topological polar surface area (TPSA) is 69.2 Å². The summed E-state index contributed by atoms with van der Waals surface area (Å²) in [5.41, 5.74) is 4.80. The van der Waals surface area contributed by atoms with Crippen molar-refractivity contribution in [1.82, 2.24) is 5.43 Å². The van der Waals surface area contributed by atoms with Crippen molar-refractivity contribution in [3.05, 3.63) is 89.5 Å². The summed E-state index contributed by atoms with van der Waals surface area (Å²) in [4.78, 5) is 12.3. The molecule has 0 bridgehead atoms. The Kier molecular flexibility index (Phi) is 5.20. The average Bonchev–Trinajstić information content (AvgIpc) is 3.21. The van der Waals surface area contributed by atoms with Crippen LogP contribution in [-0.2, 0) is 6.61 Å². The number of rotatable bonds is 6. The van der Waals surface area contributed by atoms with E-state index in [0.29, 0.717) is 29.4 Å². The Bertz CT molecular complexity index is 1000. The van der Waals surface area contributed by atoms with Crippen molar-refractivity contribution in [3.8, 4) is 17.2 Å². The highest BCUT2D eigenvalue weighted by Gasteiger charge is 2.15. The fraction of sp³-hybridized carbons (Fsp3) is 0.0909. The summed E-state index contributed by atoms with van der Waals surface area (Å²) in [6.45, 7) is 0.619. The lowest BCUT2D eigenvalue weighted by Gasteiger charge is -2.09. The van der Waals surface area contributed by atoms with Crippen LogP contribution in [0.15, 0.2) is 77.9 Å². The third-order valence-corrected chi connectivity index (χ3v) is 4.16. The van der Waals surface area contributed by atoms with E-state index in [1.165, 1.54) is 0 Å². The normalized spacial score (nSPS) is 12.1. The van der Waals surface area contributed by atoms with E-state index in [0.717, 1.165) is 11.1 Å². The van der Waals surface area contributed by atoms with E-state index in [1.54, 1.807) is 24.4 Å². The lowest BCUT2D eigenvalue weighted by molar-refractivity contribution is 0.0954. The number of fused-ring (bicyclic) bond motifs is 1. The van der Waals surface area contributed by atoms with Crippen LogP contribution in [0.5, 0.6) is 17.2 Å². The van der Waals surface area contributed by atoms with Gasteiger partial charge in [0.2, 0.25) is 6.79 Å². The number of para-hydroxylation sites is 1. The first-order valence-electron chi connectivity index (χ1n) is 8.78. The Morgan fingerprint density at radius 3 is 2.68 bits per heavy atom. The minimum Gasteiger partial charge on any atom is -0.488 e. The number of hydrogen-bond acceptors (Lipinski definition) is 5. The minimum atomic E-state index is -0.336. The standard InChI is InChI=1S/C22H18N2O4/c25-22(17-10-11-20-21(12-17)28-15-27-20)24-23-13-18-8-4-5-9-19(18)26-14-16-6-2-1-3-7-16/h1-13H,14-15H2,(H,24,25)/b23-13-. The van der Waals surface area contributed by atoms with Gasteiger partial charge in [0.25, 0.3) is 5.91 Å². The number of nitrogens with one attached hydrogen (secondary N) is 1. The van der Waals surface area contributed by atoms with Gasteiger partial charge in [-0.1, -0.05) is 42.5 Å². The second-order valence-electron chi connectivity index (χ2n) is 6.08. The van der Waals surface area contributed by atoms with E-state index in [9.17, 15) is 4.79 Å². The highest BCUT2D eigenvalue weighted by Crippen LogP contribution is 2.32. The summed E-state index contributed by atoms with van der Waals surface area (Å²) >= 11 is 0. The molecule has 4 rings (SSSR count). The molecule has 140 valence electrons. The van der Waals surface area contributed by atoms with Crippen molar-refractivity contribution in [2.24, 2.45) is 5.10 Å². The first-order chi connectivity index (χ1) is 13.8. The van der Waals surface area contributed by atoms with Gasteiger partial charge in [0.1, 0.15) is 12.4 Å². The first-order valence-corrected chi connectivity index (χ1v) is 8.78. The average molecular weight is 374 g/mol. The molecule has 1 aliphatic rings. The van der Waals surface area contributed by atoms with E-state index < -0.39 is 0 Å². The van der Waals surface area contributed by atoms with Crippen LogP contribution in [0, 0.1) is 0 Å². The number of carbonyl (C=O) groups is 1. The fourth-order valence-electron chi connectivity index (χ4n) is 2.72. The quantitative estimate of drug-likeness (QED) is 0.527. The molecule has 1 heterocycles. The molecule has 28 heavy (non-hydrogen) atoms. The first kappa shape index (κ1) is 17.6. The number of amides is 1. The van der Waals surface area contributed by atoms with Gasteiger partial charge in [-0.2, -0.15) is 5.10 Å². The van der Waals surface area contributed by atoms with Gasteiger partial charge in [-0.25, -0.2) is 5.43 Å². The minimum absolute atomic E-state index is 0.165. The van der Waals surface area contributed by atoms with Crippen molar-refractivity contribution in [3.63, 3.8) is 0 Å². The molecule has 0 spiro atoms. The molecule has 6 nitrogen and oxygen atoms in total. The Hall–Kier alpha value is -3.80. The van der Waals surface area contributed by atoms with Crippen LogP contribution in [0.25, 0.3) is 0 Å². The molecule has 3 aromatic rings. The molecule has 0 fully saturated rings. The van der Waals surface area contributed by atoms with Crippen LogP contribution in [0.2, 0.25) is 0 Å². The highest BCUT2D eigenvalue weighted by atomic mass is 16.7. The zero-order chi connectivity index (χ0) is 19.2. The Balaban J connectivity index is 1.40. The third kappa shape index (κ3) is 4.12. The predicted molar refractivity (Wildman–Crippen MR) is 105 cm³/mol. The van der Waals surface area contributed by atoms with Crippen LogP contribution in [0.1, 0.15) is 21.5 Å². The van der Waals surface area contributed by atoms with Crippen LogP contribution in [0.4, 0.5) is 0 Å². The predicted octanol–water partition coefficient (Wildman–Crippen LogP) is 3.76. The molecule has 0 atom stereocenters. The van der Waals surface area contributed by atoms with Gasteiger partial charge in [-0.15, -0.1) is 0 Å². The second kappa shape index (κ2) is 8.26. The molecule has 0 unspecified atom stereocenters. The molecule has 1 amide bonds. The van der Waals surface area contributed by atoms with Gasteiger partial charge in [0.15, 0.2) is 11.5 Å². The number of ether oxygens (including phenoxy) is 3. The van der Waals surface area contributed by atoms with Gasteiger partial charge in [0, 0.05) is 11.1 Å². The maximum Gasteiger partial charge on any atom is 0.271 e. The van der Waals surface area contributed by atoms with E-state index in [2.05, 4.69) is 10.5 Å². The Labute approximate surface area is 162 Å². The maximum atomic E-state index is 12.3. The SMILES string of the molecule is O=C(N/N=C\c1ccccc1OCc1ccccc1)c1ccc2c(c1)OCO2. The molecule has 0 saturated carbocycles. The molecule has 1 aliphatic heterocycles. The van der Waals surface area contributed by atoms with Crippen LogP contribution >= 0.6 is 0 Å². The maximum absolute atomic E-state index is 12.3. The fourth-order valence-corrected chi connectivity index (χ4v) is 2.72. The molecule has 0 aliphatic carbocycles. The largest absolute Gasteiger partial charge is 0.488 e. The molecule has 1 N–H and O–H groups in total. The molecule has 6 heteroatoms. The third-order valence-electron chi connectivity index (χ3n) is 4.16. The number of benzene rings is 3. The molecule has 3 aromatic carbocycles. The number of hydrazone groups is 1. The van der Waals surface area contributed by atoms with Crippen molar-refractivity contribution in [2.75, 3.05) is 6.79 Å². The van der Waals surface area contributed by atoms with E-state index in [1.807, 2.05) is 54.6 Å². The molecule has 0 aromatic heterocycles. The summed E-state index contributed by atoms with van der Waals surface area (Å²) in [5.74, 6) is 1.53. The summed E-state index contributed by atoms with van der Waals surface area (Å²) in [6.07, 6.45) is 1.56. The van der Waals surface area contributed by atoms with Gasteiger partial charge in [-0.05, 0) is 35.9 Å². The van der Waals surface area contributed by atoms with E-state index in [4.69, 9.17) is 14.2 Å². The molecule has 0 radical (unpaired) electrons. The number of nitrogens with zero attached hydrogens (tertiary/aromatic N) is 1. The van der Waals surface area contributed by atoms with Crippen molar-refractivity contribution in [1.29, 1.82) is 0 Å². The highest BCUT2D eigenvalue weighted by molar-refractivity contribution is 5.95. The van der Waals surface area contributed by atoms with Gasteiger partial charge >= 0.3 is 0 Å². The van der Waals surface area contributed by atoms with E-state index in [-0.39, 0.29) is 12.7 Å². The molecular formula is C22H18N2O4. The van der Waals surface area contributed by atoms with Crippen molar-refractivity contribution < 1.29 is 19.0 Å². The van der Waals surface area contributed by atoms with Crippen LogP contribution in [0.3, 0.4) is 0 Å². The van der Waals surface area contributed by atoms with Crippen molar-refractivity contribution in [2.45, 2.75) is 6.61 Å². The zero-order valence-corrected chi connectivity index (χ0v) is 15.0. The van der Waals surface area contributed by atoms with Crippen LogP contribution in [-0.4, -0.2) is 18.9 Å². The molecule has 0 saturated heterocycles. The smallest absolute Gasteiger partial charge is 0.271 e. The Morgan fingerprint density at radius 1 is 1.00 bits per heavy atom. The van der Waals surface area contributed by atoms with Gasteiger partial charge in [-0.3, -0.25) is 4.79 Å².